The molecule has 10 heteroatoms. The fourth-order valence-corrected chi connectivity index (χ4v) is 7.61. The van der Waals surface area contributed by atoms with Crippen molar-refractivity contribution in [2.45, 2.75) is 69.7 Å². The molecule has 45 heavy (non-hydrogen) atoms. The zero-order valence-corrected chi connectivity index (χ0v) is 26.4. The minimum atomic E-state index is -1.22. The number of hydrogen-bond donors (Lipinski definition) is 2. The number of hydrogen-bond acceptors (Lipinski definition) is 7. The van der Waals surface area contributed by atoms with Gasteiger partial charge in [-0.3, -0.25) is 14.4 Å². The summed E-state index contributed by atoms with van der Waals surface area (Å²) in [7, 11) is 3.16. The van der Waals surface area contributed by atoms with Crippen molar-refractivity contribution in [2.75, 3.05) is 32.7 Å². The van der Waals surface area contributed by atoms with E-state index in [4.69, 9.17) is 18.9 Å². The van der Waals surface area contributed by atoms with Crippen LogP contribution < -0.4 is 24.8 Å². The van der Waals surface area contributed by atoms with E-state index in [0.717, 1.165) is 31.2 Å². The number of amides is 3. The van der Waals surface area contributed by atoms with Crippen molar-refractivity contribution in [1.82, 2.24) is 10.2 Å². The molecule has 3 amide bonds. The Bertz CT molecular complexity index is 1460. The molecule has 6 rings (SSSR count). The van der Waals surface area contributed by atoms with Gasteiger partial charge in [0.25, 0.3) is 0 Å². The maximum atomic E-state index is 14.4. The van der Waals surface area contributed by atoms with Crippen molar-refractivity contribution in [1.29, 1.82) is 0 Å². The number of carbonyl (C=O) groups is 3. The number of methoxy groups -OCH3 is 2. The van der Waals surface area contributed by atoms with Crippen LogP contribution >= 0.6 is 0 Å². The van der Waals surface area contributed by atoms with E-state index in [-0.39, 0.29) is 30.3 Å². The van der Waals surface area contributed by atoms with Gasteiger partial charge in [-0.2, -0.15) is 0 Å². The molecule has 1 spiro atoms. The number of nitrogens with one attached hydrogen (secondary N) is 2. The lowest BCUT2D eigenvalue weighted by Crippen LogP contribution is -2.57. The fraction of sp³-hybridized carbons (Fsp3) is 0.514. The molecular weight excluding hydrogens is 574 g/mol. The van der Waals surface area contributed by atoms with Crippen LogP contribution in [0.4, 0.5) is 5.69 Å². The van der Waals surface area contributed by atoms with Crippen LogP contribution in [0.1, 0.15) is 45.1 Å². The second-order valence-electron chi connectivity index (χ2n) is 12.5. The largest absolute Gasteiger partial charge is 0.494 e. The molecule has 2 bridgehead atoms. The van der Waals surface area contributed by atoms with E-state index in [1.807, 2.05) is 37.3 Å². The minimum Gasteiger partial charge on any atom is -0.494 e. The molecule has 0 radical (unpaired) electrons. The smallest absolute Gasteiger partial charge is 0.246 e. The Balaban J connectivity index is 1.27. The third kappa shape index (κ3) is 5.65. The summed E-state index contributed by atoms with van der Waals surface area (Å²) in [5.74, 6) is -0.117. The number of anilines is 1. The zero-order chi connectivity index (χ0) is 31.7. The van der Waals surface area contributed by atoms with Crippen LogP contribution in [0.15, 0.2) is 54.6 Å². The van der Waals surface area contributed by atoms with Gasteiger partial charge in [0.1, 0.15) is 17.4 Å². The quantitative estimate of drug-likeness (QED) is 0.365. The predicted octanol–water partition coefficient (Wildman–Crippen LogP) is 4.13. The Morgan fingerprint density at radius 1 is 1.02 bits per heavy atom. The first-order valence-corrected chi connectivity index (χ1v) is 16.0. The number of carbonyl (C=O) groups excluding carboxylic acids is 3. The Kier molecular flexibility index (Phi) is 8.77. The summed E-state index contributed by atoms with van der Waals surface area (Å²) in [5, 5.41) is 6.26. The highest BCUT2D eigenvalue weighted by Crippen LogP contribution is 2.55. The van der Waals surface area contributed by atoms with Crippen molar-refractivity contribution in [3.63, 3.8) is 0 Å². The monoisotopic (exact) mass is 617 g/mol. The van der Waals surface area contributed by atoms with Crippen LogP contribution in [0.3, 0.4) is 0 Å². The molecule has 4 aliphatic rings. The molecule has 2 aromatic rings. The normalized spacial score (nSPS) is 29.8. The SMILES string of the molecule is CCOc1ccc(NC(=O)[C@H]2[C@H]3C=C[C@@]4(O3)[C@H]2C(=O)N(CCc2ccc(OC)c(OC)c2)[C@@H]4C(=O)N[C@@H]2CCCC[C@H]2C)cc1. The van der Waals surface area contributed by atoms with Gasteiger partial charge in [-0.25, -0.2) is 0 Å². The lowest BCUT2D eigenvalue weighted by atomic mass is 9.74. The van der Waals surface area contributed by atoms with E-state index in [2.05, 4.69) is 17.6 Å². The van der Waals surface area contributed by atoms with Crippen LogP contribution in [0.25, 0.3) is 0 Å². The Labute approximate surface area is 264 Å². The summed E-state index contributed by atoms with van der Waals surface area (Å²) in [6, 6.07) is 11.9. The second kappa shape index (κ2) is 12.7. The summed E-state index contributed by atoms with van der Waals surface area (Å²) >= 11 is 0. The number of ether oxygens (including phenoxy) is 4. The first-order chi connectivity index (χ1) is 21.8. The third-order valence-corrected chi connectivity index (χ3v) is 9.89. The number of likely N-dealkylation sites (tertiary alicyclic amines) is 1. The molecule has 2 aromatic carbocycles. The highest BCUT2D eigenvalue weighted by atomic mass is 16.5. The van der Waals surface area contributed by atoms with Gasteiger partial charge in [0.05, 0.1) is 38.8 Å². The molecule has 3 heterocycles. The van der Waals surface area contributed by atoms with Gasteiger partial charge in [-0.05, 0) is 74.1 Å². The van der Waals surface area contributed by atoms with Crippen LogP contribution in [0, 0.1) is 17.8 Å². The molecule has 3 aliphatic heterocycles. The summed E-state index contributed by atoms with van der Waals surface area (Å²) < 4.78 is 22.9. The molecule has 3 fully saturated rings. The number of nitrogens with zero attached hydrogens (tertiary/aromatic N) is 1. The molecule has 1 saturated carbocycles. The Morgan fingerprint density at radius 3 is 2.49 bits per heavy atom. The third-order valence-electron chi connectivity index (χ3n) is 9.89. The summed E-state index contributed by atoms with van der Waals surface area (Å²) in [5.41, 5.74) is 0.309. The van der Waals surface area contributed by atoms with Crippen LogP contribution in [0.2, 0.25) is 0 Å². The van der Waals surface area contributed by atoms with Gasteiger partial charge in [-0.15, -0.1) is 0 Å². The maximum absolute atomic E-state index is 14.4. The van der Waals surface area contributed by atoms with Gasteiger partial charge in [0.2, 0.25) is 17.7 Å². The molecule has 0 unspecified atom stereocenters. The number of benzene rings is 2. The fourth-order valence-electron chi connectivity index (χ4n) is 7.61. The summed E-state index contributed by atoms with van der Waals surface area (Å²) in [6.45, 7) is 4.90. The lowest BCUT2D eigenvalue weighted by molar-refractivity contribution is -0.141. The van der Waals surface area contributed by atoms with E-state index in [9.17, 15) is 14.4 Å². The van der Waals surface area contributed by atoms with Crippen molar-refractivity contribution in [3.8, 4) is 17.2 Å². The molecular formula is C35H43N3O7. The highest BCUT2D eigenvalue weighted by Gasteiger charge is 2.72. The van der Waals surface area contributed by atoms with Crippen molar-refractivity contribution in [3.05, 3.63) is 60.2 Å². The van der Waals surface area contributed by atoms with Gasteiger partial charge < -0.3 is 34.5 Å². The standard InChI is InChI=1S/C35H43N3O7/c1-5-44-24-13-11-23(12-14-24)36-32(39)29-27-16-18-35(45-27)30(29)34(41)38(19-17-22-10-15-26(42-3)28(20-22)43-4)31(35)33(40)37-25-9-7-6-8-21(25)2/h10-16,18,20-21,25,27,29-31H,5-9,17,19H2,1-4H3,(H,36,39)(H,37,40)/t21-,25-,27-,29+,30-,31-,35-/m1/s1. The van der Waals surface area contributed by atoms with E-state index in [1.165, 1.54) is 0 Å². The summed E-state index contributed by atoms with van der Waals surface area (Å²) in [6.07, 6.45) is 7.74. The molecule has 2 N–H and O–H groups in total. The van der Waals surface area contributed by atoms with E-state index in [1.54, 1.807) is 43.4 Å². The van der Waals surface area contributed by atoms with Crippen molar-refractivity contribution < 1.29 is 33.3 Å². The Morgan fingerprint density at radius 2 is 1.78 bits per heavy atom. The number of fused-ring (bicyclic) bond motifs is 1. The Hall–Kier alpha value is -4.05. The van der Waals surface area contributed by atoms with Gasteiger partial charge in [-0.1, -0.05) is 38.0 Å². The van der Waals surface area contributed by atoms with E-state index >= 15 is 0 Å². The van der Waals surface area contributed by atoms with Gasteiger partial charge in [0, 0.05) is 18.3 Å². The lowest BCUT2D eigenvalue weighted by Gasteiger charge is -2.36. The maximum Gasteiger partial charge on any atom is 0.246 e. The first-order valence-electron chi connectivity index (χ1n) is 16.0. The van der Waals surface area contributed by atoms with Crippen LogP contribution in [0.5, 0.6) is 17.2 Å². The summed E-state index contributed by atoms with van der Waals surface area (Å²) in [4.78, 5) is 44.0. The van der Waals surface area contributed by atoms with Crippen molar-refractivity contribution in [2.24, 2.45) is 17.8 Å². The van der Waals surface area contributed by atoms with Crippen LogP contribution in [-0.4, -0.2) is 73.8 Å². The second-order valence-corrected chi connectivity index (χ2v) is 12.5. The molecule has 0 aromatic heterocycles. The molecule has 7 atom stereocenters. The van der Waals surface area contributed by atoms with Gasteiger partial charge >= 0.3 is 0 Å². The average molecular weight is 618 g/mol. The minimum absolute atomic E-state index is 0.0332. The highest BCUT2D eigenvalue weighted by molar-refractivity contribution is 6.02. The topological polar surface area (TPSA) is 115 Å². The number of rotatable bonds is 11. The van der Waals surface area contributed by atoms with Crippen molar-refractivity contribution >= 4 is 23.4 Å². The van der Waals surface area contributed by atoms with Gasteiger partial charge in [0.15, 0.2) is 11.5 Å². The molecule has 1 aliphatic carbocycles. The zero-order valence-electron chi connectivity index (χ0n) is 26.4. The predicted molar refractivity (Wildman–Crippen MR) is 168 cm³/mol. The molecule has 240 valence electrons. The van der Waals surface area contributed by atoms with Crippen LogP contribution in [-0.2, 0) is 25.5 Å². The molecule has 10 nitrogen and oxygen atoms in total. The first kappa shape index (κ1) is 31.0. The average Bonchev–Trinajstić information content (AvgIpc) is 3.69. The van der Waals surface area contributed by atoms with E-state index < -0.39 is 29.6 Å². The molecule has 2 saturated heterocycles. The van der Waals surface area contributed by atoms with E-state index in [0.29, 0.717) is 41.9 Å².